The highest BCUT2D eigenvalue weighted by molar-refractivity contribution is 5.42. The van der Waals surface area contributed by atoms with Crippen molar-refractivity contribution in [3.63, 3.8) is 0 Å². The first kappa shape index (κ1) is 18.9. The molecule has 140 valence electrons. The second-order valence-electron chi connectivity index (χ2n) is 9.28. The summed E-state index contributed by atoms with van der Waals surface area (Å²) in [5.41, 5.74) is 11.0. The van der Waals surface area contributed by atoms with E-state index in [2.05, 4.69) is 45.9 Å². The lowest BCUT2D eigenvalue weighted by Gasteiger charge is -2.55. The maximum absolute atomic E-state index is 6.07. The Bertz CT molecular complexity index is 596. The molecule has 1 unspecified atom stereocenters. The van der Waals surface area contributed by atoms with E-state index in [9.17, 15) is 0 Å². The molecule has 0 spiro atoms. The number of aryl methyl sites for hydroxylation is 1. The monoisotopic (exact) mass is 343 g/mol. The normalized spacial score (nSPS) is 31.7. The molecule has 0 bridgehead atoms. The topological polar surface area (TPSA) is 35.2 Å². The molecule has 3 rings (SSSR count). The smallest absolute Gasteiger partial charge is 0.0522 e. The Labute approximate surface area is 154 Å². The van der Waals surface area contributed by atoms with Crippen molar-refractivity contribution >= 4 is 0 Å². The molecule has 0 aliphatic heterocycles. The van der Waals surface area contributed by atoms with Crippen LogP contribution >= 0.6 is 0 Å². The molecule has 2 aliphatic carbocycles. The summed E-state index contributed by atoms with van der Waals surface area (Å²) in [6.07, 6.45) is 7.45. The van der Waals surface area contributed by atoms with E-state index >= 15 is 0 Å². The molecule has 1 aromatic carbocycles. The van der Waals surface area contributed by atoms with E-state index in [0.29, 0.717) is 16.7 Å². The van der Waals surface area contributed by atoms with Crippen molar-refractivity contribution in [3.8, 4) is 0 Å². The van der Waals surface area contributed by atoms with Gasteiger partial charge in [-0.15, -0.1) is 0 Å². The number of rotatable bonds is 6. The van der Waals surface area contributed by atoms with Crippen LogP contribution in [-0.4, -0.2) is 19.8 Å². The molecule has 0 radical (unpaired) electrons. The Kier molecular flexibility index (Phi) is 5.60. The van der Waals surface area contributed by atoms with Crippen LogP contribution in [0.2, 0.25) is 0 Å². The summed E-state index contributed by atoms with van der Waals surface area (Å²) in [5, 5.41) is 0. The molecule has 2 nitrogen and oxygen atoms in total. The molecule has 1 saturated carbocycles. The van der Waals surface area contributed by atoms with Gasteiger partial charge in [0.25, 0.3) is 0 Å². The van der Waals surface area contributed by atoms with Crippen molar-refractivity contribution in [1.29, 1.82) is 0 Å². The van der Waals surface area contributed by atoms with Crippen molar-refractivity contribution in [2.24, 2.45) is 17.1 Å². The van der Waals surface area contributed by atoms with Crippen molar-refractivity contribution < 1.29 is 4.74 Å². The molecule has 1 aromatic rings. The van der Waals surface area contributed by atoms with E-state index in [0.717, 1.165) is 32.1 Å². The quantitative estimate of drug-likeness (QED) is 0.722. The van der Waals surface area contributed by atoms with Gasteiger partial charge in [-0.1, -0.05) is 52.3 Å². The van der Waals surface area contributed by atoms with Crippen LogP contribution in [0.25, 0.3) is 0 Å². The first-order valence-corrected chi connectivity index (χ1v) is 10.3. The molecule has 25 heavy (non-hydrogen) atoms. The molecule has 2 aliphatic rings. The van der Waals surface area contributed by atoms with Gasteiger partial charge >= 0.3 is 0 Å². The van der Waals surface area contributed by atoms with Gasteiger partial charge in [0, 0.05) is 6.61 Å². The van der Waals surface area contributed by atoms with Crippen LogP contribution in [0.1, 0.15) is 82.4 Å². The lowest BCUT2D eigenvalue weighted by atomic mass is 9.50. The standard InChI is InChI=1S/C23H37NO/c1-17(2)18-7-9-20-19(15-18)8-10-21-22(3,16-25-14-6-13-24)11-5-12-23(20,21)4/h7,9,15,17,21H,5-6,8,10-14,16,24H2,1-4H3/t21?,22-,23-/m1/s1. The Morgan fingerprint density at radius 3 is 2.76 bits per heavy atom. The molecule has 0 saturated heterocycles. The van der Waals surface area contributed by atoms with Crippen LogP contribution in [0.4, 0.5) is 0 Å². The molecule has 2 heteroatoms. The molecule has 3 atom stereocenters. The minimum absolute atomic E-state index is 0.302. The highest BCUT2D eigenvalue weighted by Crippen LogP contribution is 2.57. The Morgan fingerprint density at radius 2 is 2.04 bits per heavy atom. The first-order valence-electron chi connectivity index (χ1n) is 10.3. The fourth-order valence-corrected chi connectivity index (χ4v) is 5.67. The summed E-state index contributed by atoms with van der Waals surface area (Å²) in [5.74, 6) is 1.34. The fraction of sp³-hybridized carbons (Fsp3) is 0.739. The number of fused-ring (bicyclic) bond motifs is 3. The number of benzene rings is 1. The van der Waals surface area contributed by atoms with E-state index < -0.39 is 0 Å². The third-order valence-corrected chi connectivity index (χ3v) is 7.09. The van der Waals surface area contributed by atoms with Crippen molar-refractivity contribution in [2.75, 3.05) is 19.8 Å². The van der Waals surface area contributed by atoms with Crippen LogP contribution in [-0.2, 0) is 16.6 Å². The summed E-state index contributed by atoms with van der Waals surface area (Å²) >= 11 is 0. The number of hydrogen-bond acceptors (Lipinski definition) is 2. The van der Waals surface area contributed by atoms with Crippen LogP contribution < -0.4 is 5.73 Å². The van der Waals surface area contributed by atoms with Crippen LogP contribution in [0.3, 0.4) is 0 Å². The fourth-order valence-electron chi connectivity index (χ4n) is 5.67. The molecular formula is C23H37NO. The van der Waals surface area contributed by atoms with E-state index in [-0.39, 0.29) is 0 Å². The zero-order valence-corrected chi connectivity index (χ0v) is 16.7. The van der Waals surface area contributed by atoms with Gasteiger partial charge in [-0.25, -0.2) is 0 Å². The average molecular weight is 344 g/mol. The van der Waals surface area contributed by atoms with Gasteiger partial charge in [0.05, 0.1) is 6.61 Å². The van der Waals surface area contributed by atoms with Gasteiger partial charge in [-0.3, -0.25) is 0 Å². The molecule has 0 aromatic heterocycles. The summed E-state index contributed by atoms with van der Waals surface area (Å²) in [6, 6.07) is 7.32. The Hall–Kier alpha value is -0.860. The molecule has 2 N–H and O–H groups in total. The van der Waals surface area contributed by atoms with Crippen LogP contribution in [0, 0.1) is 11.3 Å². The lowest BCUT2D eigenvalue weighted by Crippen LogP contribution is -2.51. The molecule has 0 heterocycles. The molecule has 1 fully saturated rings. The van der Waals surface area contributed by atoms with Gasteiger partial charge in [-0.2, -0.15) is 0 Å². The second kappa shape index (κ2) is 7.40. The molecule has 0 amide bonds. The first-order chi connectivity index (χ1) is 11.9. The maximum Gasteiger partial charge on any atom is 0.0522 e. The van der Waals surface area contributed by atoms with E-state index in [4.69, 9.17) is 10.5 Å². The van der Waals surface area contributed by atoms with E-state index in [1.54, 1.807) is 11.1 Å². The van der Waals surface area contributed by atoms with E-state index in [1.807, 2.05) is 0 Å². The Balaban J connectivity index is 1.85. The SMILES string of the molecule is CC(C)c1ccc2c(c1)CCC1[C@@](C)(COCCCN)CCC[C@]21C. The number of nitrogens with two attached hydrogens (primary N) is 1. The third kappa shape index (κ3) is 3.53. The lowest BCUT2D eigenvalue weighted by molar-refractivity contribution is -0.0464. The zero-order valence-electron chi connectivity index (χ0n) is 16.7. The minimum Gasteiger partial charge on any atom is -0.381 e. The van der Waals surface area contributed by atoms with Crippen LogP contribution in [0.15, 0.2) is 18.2 Å². The predicted molar refractivity (Wildman–Crippen MR) is 106 cm³/mol. The van der Waals surface area contributed by atoms with Gasteiger partial charge in [0.15, 0.2) is 0 Å². The summed E-state index contributed by atoms with van der Waals surface area (Å²) < 4.78 is 6.07. The van der Waals surface area contributed by atoms with Gasteiger partial charge < -0.3 is 10.5 Å². The summed E-state index contributed by atoms with van der Waals surface area (Å²) in [4.78, 5) is 0. The van der Waals surface area contributed by atoms with E-state index in [1.165, 1.54) is 37.7 Å². The second-order valence-corrected chi connectivity index (χ2v) is 9.28. The van der Waals surface area contributed by atoms with Crippen LogP contribution in [0.5, 0.6) is 0 Å². The van der Waals surface area contributed by atoms with Gasteiger partial charge in [-0.05, 0) is 78.0 Å². The predicted octanol–water partition coefficient (Wildman–Crippen LogP) is 5.19. The largest absolute Gasteiger partial charge is 0.381 e. The average Bonchev–Trinajstić information content (AvgIpc) is 2.58. The zero-order chi connectivity index (χ0) is 18.1. The highest BCUT2D eigenvalue weighted by atomic mass is 16.5. The van der Waals surface area contributed by atoms with Gasteiger partial charge in [0.1, 0.15) is 0 Å². The van der Waals surface area contributed by atoms with Gasteiger partial charge in [0.2, 0.25) is 0 Å². The highest BCUT2D eigenvalue weighted by Gasteiger charge is 2.51. The minimum atomic E-state index is 0.302. The van der Waals surface area contributed by atoms with Crippen molar-refractivity contribution in [3.05, 3.63) is 34.9 Å². The Morgan fingerprint density at radius 1 is 1.24 bits per heavy atom. The summed E-state index contributed by atoms with van der Waals surface area (Å²) in [7, 11) is 0. The third-order valence-electron chi connectivity index (χ3n) is 7.09. The summed E-state index contributed by atoms with van der Waals surface area (Å²) in [6.45, 7) is 12.0. The number of ether oxygens (including phenoxy) is 1. The maximum atomic E-state index is 6.07. The number of hydrogen-bond donors (Lipinski definition) is 1. The van der Waals surface area contributed by atoms with Crippen molar-refractivity contribution in [2.45, 2.75) is 77.6 Å². The molecular weight excluding hydrogens is 306 g/mol. The van der Waals surface area contributed by atoms with Crippen molar-refractivity contribution in [1.82, 2.24) is 0 Å².